The SMILES string of the molecule is Cc1ccc([SiH](O[SiH](c2ccc(C)cc2)c2ccc(C)cc2)O[SiH](c2ccc(C)cc2)c2ccc(C)cc2)cc1. The molecule has 0 spiro atoms. The van der Waals surface area contributed by atoms with E-state index in [0.29, 0.717) is 0 Å². The Labute approximate surface area is 244 Å². The van der Waals surface area contributed by atoms with Crippen LogP contribution in [0.1, 0.15) is 27.8 Å². The lowest BCUT2D eigenvalue weighted by atomic mass is 10.2. The molecule has 5 aromatic rings. The van der Waals surface area contributed by atoms with Crippen molar-refractivity contribution in [1.82, 2.24) is 0 Å². The Morgan fingerprint density at radius 1 is 0.300 bits per heavy atom. The van der Waals surface area contributed by atoms with Crippen molar-refractivity contribution in [3.8, 4) is 0 Å². The summed E-state index contributed by atoms with van der Waals surface area (Å²) in [6, 6.07) is 44.4. The summed E-state index contributed by atoms with van der Waals surface area (Å²) in [7, 11) is -6.40. The van der Waals surface area contributed by atoms with E-state index in [9.17, 15) is 0 Å². The van der Waals surface area contributed by atoms with Crippen molar-refractivity contribution in [2.75, 3.05) is 0 Å². The third-order valence-corrected chi connectivity index (χ3v) is 16.4. The predicted octanol–water partition coefficient (Wildman–Crippen LogP) is 3.77. The molecule has 0 aliphatic heterocycles. The van der Waals surface area contributed by atoms with Crippen LogP contribution in [0.3, 0.4) is 0 Å². The van der Waals surface area contributed by atoms with E-state index in [4.69, 9.17) is 8.23 Å². The second-order valence-electron chi connectivity index (χ2n) is 10.9. The Morgan fingerprint density at radius 3 is 0.725 bits per heavy atom. The highest BCUT2D eigenvalue weighted by Gasteiger charge is 2.30. The minimum atomic E-state index is -2.33. The Balaban J connectivity index is 1.59. The lowest BCUT2D eigenvalue weighted by Gasteiger charge is -2.29. The van der Waals surface area contributed by atoms with Gasteiger partial charge in [0.15, 0.2) is 0 Å². The molecule has 0 saturated carbocycles. The van der Waals surface area contributed by atoms with Crippen LogP contribution >= 0.6 is 0 Å². The maximum Gasteiger partial charge on any atom is 0.335 e. The fourth-order valence-electron chi connectivity index (χ4n) is 4.82. The molecule has 5 heteroatoms. The van der Waals surface area contributed by atoms with E-state index < -0.39 is 27.4 Å². The standard InChI is InChI=1S/C35H38O2Si3/c1-26-6-16-31(17-7-26)38(32-18-8-27(2)9-19-32)36-40(35-24-14-30(5)15-25-35)37-39(33-20-10-28(3)11-21-33)34-22-12-29(4)13-23-34/h6-25,38-40H,1-5H3. The van der Waals surface area contributed by atoms with E-state index in [-0.39, 0.29) is 0 Å². The number of hydrogen-bond acceptors (Lipinski definition) is 2. The van der Waals surface area contributed by atoms with Gasteiger partial charge < -0.3 is 8.23 Å². The van der Waals surface area contributed by atoms with E-state index in [1.54, 1.807) is 0 Å². The Morgan fingerprint density at radius 2 is 0.500 bits per heavy atom. The van der Waals surface area contributed by atoms with Crippen LogP contribution in [0.2, 0.25) is 0 Å². The minimum Gasteiger partial charge on any atom is -0.430 e. The molecule has 0 heterocycles. The molecule has 0 N–H and O–H groups in total. The van der Waals surface area contributed by atoms with Gasteiger partial charge in [0, 0.05) is 0 Å². The maximum absolute atomic E-state index is 7.34. The van der Waals surface area contributed by atoms with Gasteiger partial charge in [-0.15, -0.1) is 0 Å². The fourth-order valence-corrected chi connectivity index (χ4v) is 14.9. The smallest absolute Gasteiger partial charge is 0.335 e. The lowest BCUT2D eigenvalue weighted by Crippen LogP contribution is -2.57. The Kier molecular flexibility index (Phi) is 9.09. The van der Waals surface area contributed by atoms with Gasteiger partial charge in [-0.05, 0) is 60.6 Å². The van der Waals surface area contributed by atoms with Crippen LogP contribution in [0, 0.1) is 34.6 Å². The monoisotopic (exact) mass is 574 g/mol. The third-order valence-electron chi connectivity index (χ3n) is 7.39. The first-order valence-electron chi connectivity index (χ1n) is 14.0. The van der Waals surface area contributed by atoms with Crippen LogP contribution in [0.5, 0.6) is 0 Å². The highest BCUT2D eigenvalue weighted by Crippen LogP contribution is 2.08. The predicted molar refractivity (Wildman–Crippen MR) is 178 cm³/mol. The largest absolute Gasteiger partial charge is 0.430 e. The van der Waals surface area contributed by atoms with Crippen molar-refractivity contribution >= 4 is 53.3 Å². The molecular formula is C35H38O2Si3. The summed E-state index contributed by atoms with van der Waals surface area (Å²) in [6.07, 6.45) is 0. The maximum atomic E-state index is 7.34. The van der Waals surface area contributed by atoms with Crippen molar-refractivity contribution in [1.29, 1.82) is 0 Å². The van der Waals surface area contributed by atoms with Gasteiger partial charge in [-0.1, -0.05) is 149 Å². The quantitative estimate of drug-likeness (QED) is 0.250. The third kappa shape index (κ3) is 7.05. The van der Waals surface area contributed by atoms with Gasteiger partial charge in [0.1, 0.15) is 0 Å². The van der Waals surface area contributed by atoms with Crippen LogP contribution in [0.25, 0.3) is 0 Å². The zero-order valence-electron chi connectivity index (χ0n) is 24.1. The average Bonchev–Trinajstić information content (AvgIpc) is 2.96. The molecule has 0 saturated heterocycles. The summed E-state index contributed by atoms with van der Waals surface area (Å²) in [5.74, 6) is 0. The summed E-state index contributed by atoms with van der Waals surface area (Å²) < 4.78 is 14.7. The van der Waals surface area contributed by atoms with Crippen molar-refractivity contribution in [3.05, 3.63) is 149 Å². The van der Waals surface area contributed by atoms with Crippen molar-refractivity contribution in [2.45, 2.75) is 34.6 Å². The zero-order valence-corrected chi connectivity index (χ0v) is 27.6. The van der Waals surface area contributed by atoms with Gasteiger partial charge in [0.25, 0.3) is 0 Å². The molecule has 0 aromatic heterocycles. The molecular weight excluding hydrogens is 537 g/mol. The van der Waals surface area contributed by atoms with Crippen LogP contribution in [-0.4, -0.2) is 27.4 Å². The molecule has 0 unspecified atom stereocenters. The van der Waals surface area contributed by atoms with Gasteiger partial charge >= 0.3 is 9.28 Å². The second-order valence-corrected chi connectivity index (χ2v) is 18.6. The highest BCUT2D eigenvalue weighted by molar-refractivity contribution is 6.90. The molecule has 0 aliphatic rings. The zero-order chi connectivity index (χ0) is 28.1. The summed E-state index contributed by atoms with van der Waals surface area (Å²) in [5.41, 5.74) is 6.28. The summed E-state index contributed by atoms with van der Waals surface area (Å²) in [6.45, 7) is 10.7. The van der Waals surface area contributed by atoms with Gasteiger partial charge in [-0.25, -0.2) is 0 Å². The van der Waals surface area contributed by atoms with Gasteiger partial charge in [-0.2, -0.15) is 0 Å². The Bertz CT molecular complexity index is 1330. The summed E-state index contributed by atoms with van der Waals surface area (Å²) in [4.78, 5) is 0. The van der Waals surface area contributed by atoms with Crippen molar-refractivity contribution in [3.63, 3.8) is 0 Å². The Hall–Kier alpha value is -3.33. The molecule has 202 valence electrons. The number of aryl methyl sites for hydroxylation is 5. The van der Waals surface area contributed by atoms with Crippen LogP contribution in [0.4, 0.5) is 0 Å². The van der Waals surface area contributed by atoms with Gasteiger partial charge in [0.05, 0.1) is 0 Å². The molecule has 0 bridgehead atoms. The van der Waals surface area contributed by atoms with Crippen LogP contribution in [-0.2, 0) is 8.23 Å². The summed E-state index contributed by atoms with van der Waals surface area (Å²) >= 11 is 0. The molecule has 2 nitrogen and oxygen atoms in total. The minimum absolute atomic E-state index is 1.19. The molecule has 0 atom stereocenters. The van der Waals surface area contributed by atoms with Crippen LogP contribution in [0.15, 0.2) is 121 Å². The van der Waals surface area contributed by atoms with Gasteiger partial charge in [0.2, 0.25) is 18.1 Å². The summed E-state index contributed by atoms with van der Waals surface area (Å²) in [5, 5.41) is 6.33. The molecule has 0 amide bonds. The molecule has 5 aromatic carbocycles. The van der Waals surface area contributed by atoms with Crippen molar-refractivity contribution < 1.29 is 8.23 Å². The first-order chi connectivity index (χ1) is 19.4. The first-order valence-corrected chi connectivity index (χ1v) is 18.8. The number of benzene rings is 5. The van der Waals surface area contributed by atoms with Gasteiger partial charge in [-0.3, -0.25) is 0 Å². The van der Waals surface area contributed by atoms with E-state index in [2.05, 4.69) is 156 Å². The van der Waals surface area contributed by atoms with E-state index in [0.717, 1.165) is 0 Å². The molecule has 40 heavy (non-hydrogen) atoms. The second kappa shape index (κ2) is 12.9. The average molecular weight is 575 g/mol. The molecule has 0 fully saturated rings. The molecule has 0 radical (unpaired) electrons. The van der Waals surface area contributed by atoms with Crippen LogP contribution < -0.4 is 25.9 Å². The van der Waals surface area contributed by atoms with E-state index in [1.807, 2.05) is 0 Å². The molecule has 5 rings (SSSR count). The topological polar surface area (TPSA) is 18.5 Å². The van der Waals surface area contributed by atoms with Crippen molar-refractivity contribution in [2.24, 2.45) is 0 Å². The lowest BCUT2D eigenvalue weighted by molar-refractivity contribution is 0.467. The van der Waals surface area contributed by atoms with E-state index in [1.165, 1.54) is 53.8 Å². The molecule has 0 aliphatic carbocycles. The van der Waals surface area contributed by atoms with E-state index >= 15 is 0 Å². The normalized spacial score (nSPS) is 11.5. The first kappa shape index (κ1) is 28.2. The number of hydrogen-bond donors (Lipinski definition) is 0. The fraction of sp³-hybridized carbons (Fsp3) is 0.143. The number of rotatable bonds is 9. The highest BCUT2D eigenvalue weighted by atomic mass is 28.4.